The minimum atomic E-state index is -0.222. The predicted octanol–water partition coefficient (Wildman–Crippen LogP) is 2.99. The summed E-state index contributed by atoms with van der Waals surface area (Å²) in [5.74, 6) is 0.239. The number of carbonyl (C=O) groups excluding carboxylic acids is 1. The van der Waals surface area contributed by atoms with Crippen molar-refractivity contribution in [2.45, 2.75) is 40.2 Å². The van der Waals surface area contributed by atoms with Gasteiger partial charge in [-0.25, -0.2) is 0 Å². The Balaban J connectivity index is 2.27. The van der Waals surface area contributed by atoms with Gasteiger partial charge in [-0.3, -0.25) is 9.78 Å². The van der Waals surface area contributed by atoms with Gasteiger partial charge in [0.2, 0.25) is 0 Å². The molecule has 0 saturated heterocycles. The number of nitrogens with zero attached hydrogens (tertiary/aromatic N) is 1. The van der Waals surface area contributed by atoms with Crippen molar-refractivity contribution in [3.05, 3.63) is 41.1 Å². The van der Waals surface area contributed by atoms with Gasteiger partial charge < -0.3 is 10.4 Å². The smallest absolute Gasteiger partial charge is 0.253 e. The van der Waals surface area contributed by atoms with Gasteiger partial charge in [0.25, 0.3) is 5.91 Å². The van der Waals surface area contributed by atoms with E-state index in [1.807, 2.05) is 38.1 Å². The van der Waals surface area contributed by atoms with Crippen molar-refractivity contribution in [3.8, 4) is 0 Å². The zero-order valence-electron chi connectivity index (χ0n) is 13.7. The van der Waals surface area contributed by atoms with Crippen LogP contribution < -0.4 is 5.32 Å². The highest BCUT2D eigenvalue weighted by molar-refractivity contribution is 5.98. The molecule has 1 heterocycles. The normalized spacial score (nSPS) is 12.6. The lowest BCUT2D eigenvalue weighted by Gasteiger charge is -2.19. The van der Waals surface area contributed by atoms with Gasteiger partial charge >= 0.3 is 0 Å². The molecule has 4 nitrogen and oxygen atoms in total. The summed E-state index contributed by atoms with van der Waals surface area (Å²) in [5, 5.41) is 13.3. The fourth-order valence-corrected chi connectivity index (χ4v) is 2.61. The standard InChI is InChI=1S/C18H24N2O2/c1-11(2)7-15(10-21)20-18(22)16-9-14-6-5-12(3)8-17(14)19-13(16)4/h5-6,8-9,11,15,21H,7,10H2,1-4H3,(H,20,22). The van der Waals surface area contributed by atoms with E-state index < -0.39 is 0 Å². The average Bonchev–Trinajstić information content (AvgIpc) is 2.44. The highest BCUT2D eigenvalue weighted by Crippen LogP contribution is 2.18. The van der Waals surface area contributed by atoms with Gasteiger partial charge in [-0.1, -0.05) is 26.0 Å². The van der Waals surface area contributed by atoms with Crippen LogP contribution in [0.1, 0.15) is 41.9 Å². The SMILES string of the molecule is Cc1ccc2cc(C(=O)NC(CO)CC(C)C)c(C)nc2c1. The summed E-state index contributed by atoms with van der Waals surface area (Å²) >= 11 is 0. The molecule has 1 aromatic carbocycles. The van der Waals surface area contributed by atoms with E-state index in [2.05, 4.69) is 24.1 Å². The van der Waals surface area contributed by atoms with Gasteiger partial charge in [-0.05, 0) is 43.9 Å². The predicted molar refractivity (Wildman–Crippen MR) is 89.0 cm³/mol. The third-order valence-corrected chi connectivity index (χ3v) is 3.72. The van der Waals surface area contributed by atoms with Gasteiger partial charge in [0.05, 0.1) is 29.4 Å². The number of hydrogen-bond donors (Lipinski definition) is 2. The quantitative estimate of drug-likeness (QED) is 0.892. The average molecular weight is 300 g/mol. The number of aliphatic hydroxyl groups is 1. The lowest BCUT2D eigenvalue weighted by Crippen LogP contribution is -2.38. The van der Waals surface area contributed by atoms with Crippen molar-refractivity contribution in [2.75, 3.05) is 6.61 Å². The van der Waals surface area contributed by atoms with Crippen LogP contribution in [0.4, 0.5) is 0 Å². The maximum absolute atomic E-state index is 12.5. The molecule has 1 unspecified atom stereocenters. The Kier molecular flexibility index (Phi) is 5.14. The molecule has 0 saturated carbocycles. The van der Waals surface area contributed by atoms with E-state index in [9.17, 15) is 9.90 Å². The molecule has 0 fully saturated rings. The summed E-state index contributed by atoms with van der Waals surface area (Å²) in [5.41, 5.74) is 3.32. The third kappa shape index (κ3) is 3.83. The fourth-order valence-electron chi connectivity index (χ4n) is 2.61. The highest BCUT2D eigenvalue weighted by Gasteiger charge is 2.17. The fraction of sp³-hybridized carbons (Fsp3) is 0.444. The van der Waals surface area contributed by atoms with Gasteiger partial charge in [-0.15, -0.1) is 0 Å². The number of aryl methyl sites for hydroxylation is 2. The lowest BCUT2D eigenvalue weighted by atomic mass is 10.0. The van der Waals surface area contributed by atoms with E-state index in [-0.39, 0.29) is 18.6 Å². The topological polar surface area (TPSA) is 62.2 Å². The molecule has 2 rings (SSSR count). The van der Waals surface area contributed by atoms with Crippen LogP contribution >= 0.6 is 0 Å². The van der Waals surface area contributed by atoms with E-state index in [1.165, 1.54) is 0 Å². The zero-order valence-corrected chi connectivity index (χ0v) is 13.7. The van der Waals surface area contributed by atoms with Crippen LogP contribution in [0.5, 0.6) is 0 Å². The number of rotatable bonds is 5. The lowest BCUT2D eigenvalue weighted by molar-refractivity contribution is 0.0907. The first-order chi connectivity index (χ1) is 10.4. The Labute approximate surface area is 131 Å². The maximum Gasteiger partial charge on any atom is 0.253 e. The number of carbonyl (C=O) groups is 1. The number of amides is 1. The molecule has 0 radical (unpaired) electrons. The summed E-state index contributed by atoms with van der Waals surface area (Å²) in [7, 11) is 0. The van der Waals surface area contributed by atoms with Crippen molar-refractivity contribution < 1.29 is 9.90 Å². The van der Waals surface area contributed by atoms with Crippen molar-refractivity contribution in [2.24, 2.45) is 5.92 Å². The molecule has 1 amide bonds. The first-order valence-electron chi connectivity index (χ1n) is 7.70. The second-order valence-electron chi connectivity index (χ2n) is 6.30. The van der Waals surface area contributed by atoms with Crippen LogP contribution in [-0.4, -0.2) is 28.6 Å². The zero-order chi connectivity index (χ0) is 16.3. The number of nitrogens with one attached hydrogen (secondary N) is 1. The van der Waals surface area contributed by atoms with E-state index in [0.717, 1.165) is 22.9 Å². The van der Waals surface area contributed by atoms with E-state index in [0.29, 0.717) is 17.2 Å². The second kappa shape index (κ2) is 6.88. The van der Waals surface area contributed by atoms with Crippen LogP contribution in [0.3, 0.4) is 0 Å². The number of fused-ring (bicyclic) bond motifs is 1. The Hall–Kier alpha value is -1.94. The molecule has 118 valence electrons. The van der Waals surface area contributed by atoms with Crippen molar-refractivity contribution >= 4 is 16.8 Å². The Morgan fingerprint density at radius 3 is 2.64 bits per heavy atom. The number of aliphatic hydroxyl groups excluding tert-OH is 1. The van der Waals surface area contributed by atoms with Crippen molar-refractivity contribution in [1.29, 1.82) is 0 Å². The Morgan fingerprint density at radius 2 is 2.00 bits per heavy atom. The summed E-state index contributed by atoms with van der Waals surface area (Å²) in [6.07, 6.45) is 0.751. The first kappa shape index (κ1) is 16.4. The Bertz CT molecular complexity index is 680. The third-order valence-electron chi connectivity index (χ3n) is 3.72. The van der Waals surface area contributed by atoms with E-state index >= 15 is 0 Å². The van der Waals surface area contributed by atoms with Crippen molar-refractivity contribution in [3.63, 3.8) is 0 Å². The van der Waals surface area contributed by atoms with Gasteiger partial charge in [0, 0.05) is 5.39 Å². The largest absolute Gasteiger partial charge is 0.394 e. The second-order valence-corrected chi connectivity index (χ2v) is 6.30. The molecule has 0 bridgehead atoms. The molecule has 0 aliphatic carbocycles. The summed E-state index contributed by atoms with van der Waals surface area (Å²) in [4.78, 5) is 17.0. The Morgan fingerprint density at radius 1 is 1.27 bits per heavy atom. The van der Waals surface area contributed by atoms with Gasteiger partial charge in [0.1, 0.15) is 0 Å². The molecule has 1 aromatic heterocycles. The maximum atomic E-state index is 12.5. The minimum Gasteiger partial charge on any atom is -0.394 e. The summed E-state index contributed by atoms with van der Waals surface area (Å²) < 4.78 is 0. The number of pyridine rings is 1. The molecular weight excluding hydrogens is 276 g/mol. The molecule has 2 aromatic rings. The molecule has 0 spiro atoms. The number of benzene rings is 1. The van der Waals surface area contributed by atoms with Gasteiger partial charge in [-0.2, -0.15) is 0 Å². The van der Waals surface area contributed by atoms with Crippen LogP contribution in [0.25, 0.3) is 10.9 Å². The van der Waals surface area contributed by atoms with E-state index in [4.69, 9.17) is 0 Å². The molecule has 4 heteroatoms. The van der Waals surface area contributed by atoms with Crippen LogP contribution in [0.15, 0.2) is 24.3 Å². The molecule has 0 aliphatic rings. The monoisotopic (exact) mass is 300 g/mol. The molecule has 0 aliphatic heterocycles. The molecular formula is C18H24N2O2. The molecule has 1 atom stereocenters. The summed E-state index contributed by atoms with van der Waals surface area (Å²) in [6, 6.07) is 7.65. The van der Waals surface area contributed by atoms with Crippen LogP contribution in [-0.2, 0) is 0 Å². The number of aromatic nitrogens is 1. The minimum absolute atomic E-state index is 0.0524. The summed E-state index contributed by atoms with van der Waals surface area (Å²) in [6.45, 7) is 7.95. The van der Waals surface area contributed by atoms with Crippen LogP contribution in [0.2, 0.25) is 0 Å². The highest BCUT2D eigenvalue weighted by atomic mass is 16.3. The number of hydrogen-bond acceptors (Lipinski definition) is 3. The molecule has 2 N–H and O–H groups in total. The van der Waals surface area contributed by atoms with Crippen LogP contribution in [0, 0.1) is 19.8 Å². The first-order valence-corrected chi connectivity index (χ1v) is 7.70. The van der Waals surface area contributed by atoms with Crippen molar-refractivity contribution in [1.82, 2.24) is 10.3 Å². The van der Waals surface area contributed by atoms with Gasteiger partial charge in [0.15, 0.2) is 0 Å². The molecule has 22 heavy (non-hydrogen) atoms. The van der Waals surface area contributed by atoms with E-state index in [1.54, 1.807) is 0 Å².